The maximum Gasteiger partial charge on any atom is 0.227 e. The van der Waals surface area contributed by atoms with Gasteiger partial charge in [0.15, 0.2) is 0 Å². The molecule has 84 valence electrons. The summed E-state index contributed by atoms with van der Waals surface area (Å²) >= 11 is 5.36. The van der Waals surface area contributed by atoms with Crippen molar-refractivity contribution in [1.82, 2.24) is 9.21 Å². The highest BCUT2D eigenvalue weighted by atomic mass is 35.5. The SMILES string of the molecule is CN1CCC(CN(C)S(=O)(=O)CCl)C1. The van der Waals surface area contributed by atoms with E-state index < -0.39 is 10.0 Å². The number of alkyl halides is 1. The Morgan fingerprint density at radius 2 is 2.21 bits per heavy atom. The molecule has 0 aromatic rings. The number of hydrogen-bond acceptors (Lipinski definition) is 3. The number of hydrogen-bond donors (Lipinski definition) is 0. The van der Waals surface area contributed by atoms with E-state index in [1.54, 1.807) is 7.05 Å². The predicted octanol–water partition coefficient (Wildman–Crippen LogP) is 0.396. The average molecular weight is 241 g/mol. The van der Waals surface area contributed by atoms with Crippen molar-refractivity contribution in [3.05, 3.63) is 0 Å². The summed E-state index contributed by atoms with van der Waals surface area (Å²) in [6, 6.07) is 0. The Labute approximate surface area is 90.9 Å². The summed E-state index contributed by atoms with van der Waals surface area (Å²) in [6.45, 7) is 2.61. The van der Waals surface area contributed by atoms with Crippen molar-refractivity contribution in [3.8, 4) is 0 Å². The molecule has 1 heterocycles. The Balaban J connectivity index is 2.45. The molecule has 1 unspecified atom stereocenters. The van der Waals surface area contributed by atoms with Gasteiger partial charge in [-0.1, -0.05) is 0 Å². The van der Waals surface area contributed by atoms with Crippen molar-refractivity contribution < 1.29 is 8.42 Å². The first-order chi connectivity index (χ1) is 6.45. The zero-order valence-corrected chi connectivity index (χ0v) is 10.2. The summed E-state index contributed by atoms with van der Waals surface area (Å²) in [5.41, 5.74) is 0. The highest BCUT2D eigenvalue weighted by Crippen LogP contribution is 2.16. The molecule has 1 rings (SSSR count). The van der Waals surface area contributed by atoms with E-state index >= 15 is 0 Å². The average Bonchev–Trinajstić information content (AvgIpc) is 2.51. The molecule has 0 aliphatic carbocycles. The smallest absolute Gasteiger partial charge is 0.227 e. The first kappa shape index (κ1) is 12.2. The van der Waals surface area contributed by atoms with Gasteiger partial charge in [0.1, 0.15) is 5.21 Å². The number of likely N-dealkylation sites (tertiary alicyclic amines) is 1. The molecular weight excluding hydrogens is 224 g/mol. The van der Waals surface area contributed by atoms with Crippen LogP contribution >= 0.6 is 11.6 Å². The predicted molar refractivity (Wildman–Crippen MR) is 57.9 cm³/mol. The van der Waals surface area contributed by atoms with E-state index in [9.17, 15) is 8.42 Å². The number of rotatable bonds is 4. The van der Waals surface area contributed by atoms with Crippen LogP contribution in [0.15, 0.2) is 0 Å². The van der Waals surface area contributed by atoms with Crippen molar-refractivity contribution in [2.45, 2.75) is 6.42 Å². The summed E-state index contributed by atoms with van der Waals surface area (Å²) in [5, 5.41) is -0.327. The highest BCUT2D eigenvalue weighted by Gasteiger charge is 2.25. The number of sulfonamides is 1. The van der Waals surface area contributed by atoms with Gasteiger partial charge < -0.3 is 4.90 Å². The fourth-order valence-corrected chi connectivity index (χ4v) is 2.84. The van der Waals surface area contributed by atoms with Crippen molar-refractivity contribution in [2.75, 3.05) is 38.9 Å². The van der Waals surface area contributed by atoms with Crippen LogP contribution in [0.1, 0.15) is 6.42 Å². The summed E-state index contributed by atoms with van der Waals surface area (Å²) in [4.78, 5) is 2.21. The van der Waals surface area contributed by atoms with Gasteiger partial charge in [-0.05, 0) is 25.9 Å². The van der Waals surface area contributed by atoms with Crippen molar-refractivity contribution in [1.29, 1.82) is 0 Å². The molecule has 0 amide bonds. The molecular formula is C8H17ClN2O2S. The van der Waals surface area contributed by atoms with Crippen molar-refractivity contribution >= 4 is 21.6 Å². The van der Waals surface area contributed by atoms with Crippen LogP contribution in [-0.2, 0) is 10.0 Å². The largest absolute Gasteiger partial charge is 0.306 e. The second kappa shape index (κ2) is 4.79. The Bertz CT molecular complexity index is 281. The molecule has 4 nitrogen and oxygen atoms in total. The van der Waals surface area contributed by atoms with Crippen LogP contribution in [0.3, 0.4) is 0 Å². The van der Waals surface area contributed by atoms with Gasteiger partial charge >= 0.3 is 0 Å². The normalized spacial score (nSPS) is 24.7. The van der Waals surface area contributed by atoms with E-state index in [4.69, 9.17) is 11.6 Å². The van der Waals surface area contributed by atoms with Gasteiger partial charge in [0, 0.05) is 20.1 Å². The monoisotopic (exact) mass is 240 g/mol. The topological polar surface area (TPSA) is 40.6 Å². The standard InChI is InChI=1S/C8H17ClN2O2S/c1-10-4-3-8(5-10)6-11(2)14(12,13)7-9/h8H,3-7H2,1-2H3. The van der Waals surface area contributed by atoms with Crippen LogP contribution in [-0.4, -0.2) is 56.6 Å². The number of halogens is 1. The van der Waals surface area contributed by atoms with E-state index in [0.29, 0.717) is 12.5 Å². The van der Waals surface area contributed by atoms with Crippen LogP contribution in [0.25, 0.3) is 0 Å². The molecule has 14 heavy (non-hydrogen) atoms. The van der Waals surface area contributed by atoms with Gasteiger partial charge in [-0.15, -0.1) is 11.6 Å². The second-order valence-electron chi connectivity index (χ2n) is 3.92. The third-order valence-corrected chi connectivity index (χ3v) is 4.82. The molecule has 1 saturated heterocycles. The highest BCUT2D eigenvalue weighted by molar-refractivity contribution is 7.90. The van der Waals surface area contributed by atoms with Gasteiger partial charge in [-0.2, -0.15) is 0 Å². The number of nitrogens with zero attached hydrogens (tertiary/aromatic N) is 2. The van der Waals surface area contributed by atoms with Gasteiger partial charge in [-0.25, -0.2) is 12.7 Å². The van der Waals surface area contributed by atoms with Crippen LogP contribution in [0.5, 0.6) is 0 Å². The minimum Gasteiger partial charge on any atom is -0.306 e. The minimum atomic E-state index is -3.22. The lowest BCUT2D eigenvalue weighted by molar-refractivity contribution is 0.357. The molecule has 0 aromatic heterocycles. The minimum absolute atomic E-state index is 0.327. The first-order valence-electron chi connectivity index (χ1n) is 4.64. The van der Waals surface area contributed by atoms with Crippen LogP contribution in [0.4, 0.5) is 0 Å². The third kappa shape index (κ3) is 3.08. The molecule has 1 fully saturated rings. The van der Waals surface area contributed by atoms with Crippen LogP contribution in [0, 0.1) is 5.92 Å². The lowest BCUT2D eigenvalue weighted by atomic mass is 10.1. The molecule has 0 spiro atoms. The quantitative estimate of drug-likeness (QED) is 0.668. The maximum atomic E-state index is 11.3. The van der Waals surface area contributed by atoms with Crippen molar-refractivity contribution in [3.63, 3.8) is 0 Å². The summed E-state index contributed by atoms with van der Waals surface area (Å²) in [5.74, 6) is 0.447. The van der Waals surface area contributed by atoms with Crippen LogP contribution in [0.2, 0.25) is 0 Å². The van der Waals surface area contributed by atoms with E-state index in [1.165, 1.54) is 4.31 Å². The second-order valence-corrected chi connectivity index (χ2v) is 6.58. The first-order valence-corrected chi connectivity index (χ1v) is 6.78. The van der Waals surface area contributed by atoms with Gasteiger partial charge in [-0.3, -0.25) is 0 Å². The van der Waals surface area contributed by atoms with Gasteiger partial charge in [0.2, 0.25) is 10.0 Å². The molecule has 0 N–H and O–H groups in total. The van der Waals surface area contributed by atoms with E-state index in [2.05, 4.69) is 11.9 Å². The Morgan fingerprint density at radius 1 is 1.57 bits per heavy atom. The Hall–Kier alpha value is 0.160. The maximum absolute atomic E-state index is 11.3. The molecule has 6 heteroatoms. The molecule has 1 aliphatic rings. The Kier molecular flexibility index (Phi) is 4.18. The van der Waals surface area contributed by atoms with Crippen molar-refractivity contribution in [2.24, 2.45) is 5.92 Å². The Morgan fingerprint density at radius 3 is 2.64 bits per heavy atom. The van der Waals surface area contributed by atoms with E-state index in [1.807, 2.05) is 0 Å². The summed E-state index contributed by atoms with van der Waals surface area (Å²) < 4.78 is 24.1. The van der Waals surface area contributed by atoms with E-state index in [-0.39, 0.29) is 5.21 Å². The molecule has 0 saturated carbocycles. The van der Waals surface area contributed by atoms with Gasteiger partial charge in [0.05, 0.1) is 0 Å². The molecule has 0 bridgehead atoms. The molecule has 1 aliphatic heterocycles. The molecule has 1 atom stereocenters. The summed E-state index contributed by atoms with van der Waals surface area (Å²) in [7, 11) is 0.422. The fraction of sp³-hybridized carbons (Fsp3) is 1.00. The molecule has 0 radical (unpaired) electrons. The van der Waals surface area contributed by atoms with E-state index in [0.717, 1.165) is 19.5 Å². The summed E-state index contributed by atoms with van der Waals surface area (Å²) in [6.07, 6.45) is 1.07. The van der Waals surface area contributed by atoms with Gasteiger partial charge in [0.25, 0.3) is 0 Å². The zero-order chi connectivity index (χ0) is 10.8. The lowest BCUT2D eigenvalue weighted by Crippen LogP contribution is -2.33. The fourth-order valence-electron chi connectivity index (χ4n) is 1.74. The van der Waals surface area contributed by atoms with Crippen LogP contribution < -0.4 is 0 Å². The zero-order valence-electron chi connectivity index (χ0n) is 8.61. The molecule has 0 aromatic carbocycles. The third-order valence-electron chi connectivity index (χ3n) is 2.62. The lowest BCUT2D eigenvalue weighted by Gasteiger charge is -2.19.